The van der Waals surface area contributed by atoms with E-state index in [9.17, 15) is 0 Å². The van der Waals surface area contributed by atoms with E-state index in [-0.39, 0.29) is 0 Å². The molecule has 0 N–H and O–H groups in total. The molecular weight excluding hydrogens is 508 g/mol. The Bertz CT molecular complexity index is 1710. The van der Waals surface area contributed by atoms with Crippen LogP contribution < -0.4 is 4.90 Å². The van der Waals surface area contributed by atoms with Gasteiger partial charge in [-0.3, -0.25) is 0 Å². The highest BCUT2D eigenvalue weighted by atomic mass is 15.1. The van der Waals surface area contributed by atoms with Gasteiger partial charge in [0.25, 0.3) is 0 Å². The molecule has 4 rings (SSSR count). The number of rotatable bonds is 4. The average molecular weight is 564 g/mol. The van der Waals surface area contributed by atoms with Crippen LogP contribution >= 0.6 is 0 Å². The van der Waals surface area contributed by atoms with E-state index in [2.05, 4.69) is 127 Å². The van der Waals surface area contributed by atoms with Crippen LogP contribution in [0.2, 0.25) is 0 Å². The van der Waals surface area contributed by atoms with E-state index in [0.717, 1.165) is 12.8 Å². The van der Waals surface area contributed by atoms with Crippen molar-refractivity contribution in [3.8, 4) is 0 Å². The zero-order valence-electron chi connectivity index (χ0n) is 29.8. The summed E-state index contributed by atoms with van der Waals surface area (Å²) in [7, 11) is 4.52. The molecule has 0 fully saturated rings. The highest BCUT2D eigenvalue weighted by Crippen LogP contribution is 2.44. The molecule has 2 heteroatoms. The monoisotopic (exact) mass is 563 g/mol. The summed E-state index contributed by atoms with van der Waals surface area (Å²) in [6.45, 7) is 34.5. The summed E-state index contributed by atoms with van der Waals surface area (Å²) >= 11 is 0. The number of benzene rings is 2. The minimum absolute atomic E-state index is 1.01. The third kappa shape index (κ3) is 4.66. The van der Waals surface area contributed by atoms with E-state index in [4.69, 9.17) is 0 Å². The van der Waals surface area contributed by atoms with Crippen molar-refractivity contribution in [1.82, 2.24) is 0 Å². The first-order valence-electron chi connectivity index (χ1n) is 15.7. The summed E-state index contributed by atoms with van der Waals surface area (Å²) in [6, 6.07) is 0. The third-order valence-corrected chi connectivity index (χ3v) is 12.0. The van der Waals surface area contributed by atoms with E-state index < -0.39 is 0 Å². The number of allylic oxidation sites excluding steroid dienone is 8. The first kappa shape index (κ1) is 31.8. The van der Waals surface area contributed by atoms with Crippen molar-refractivity contribution in [1.29, 1.82) is 0 Å². The van der Waals surface area contributed by atoms with Crippen LogP contribution in [0.5, 0.6) is 0 Å². The van der Waals surface area contributed by atoms with Gasteiger partial charge in [0.15, 0.2) is 5.71 Å². The van der Waals surface area contributed by atoms with Gasteiger partial charge in [0.2, 0.25) is 5.69 Å². The van der Waals surface area contributed by atoms with Gasteiger partial charge in [0.1, 0.15) is 7.05 Å². The molecule has 42 heavy (non-hydrogen) atoms. The maximum atomic E-state index is 2.47. The maximum Gasteiger partial charge on any atom is 0.212 e. The molecule has 2 aromatic carbocycles. The van der Waals surface area contributed by atoms with Gasteiger partial charge in [0, 0.05) is 41.6 Å². The SMILES string of the molecule is CC(=C1\Cc2c(C)c(C)c(C)c(C)c2N1C)/C(C)=C(C)/C(C)=C(C)/C(C)=C(\C)C1=[N+](C)c2c(C)c(C)c(C)c(C)c2C1. The molecule has 0 atom stereocenters. The van der Waals surface area contributed by atoms with Crippen molar-refractivity contribution in [2.75, 3.05) is 19.0 Å². The normalized spacial score (nSPS) is 17.8. The quantitative estimate of drug-likeness (QED) is 0.265. The highest BCUT2D eigenvalue weighted by molar-refractivity contribution is 6.02. The molecule has 2 heterocycles. The third-order valence-electron chi connectivity index (χ3n) is 12.0. The molecule has 0 bridgehead atoms. The Morgan fingerprint density at radius 2 is 0.976 bits per heavy atom. The van der Waals surface area contributed by atoms with Gasteiger partial charge < -0.3 is 4.90 Å². The molecule has 0 spiro atoms. The van der Waals surface area contributed by atoms with Crippen molar-refractivity contribution in [2.24, 2.45) is 0 Å². The van der Waals surface area contributed by atoms with Gasteiger partial charge in [-0.15, -0.1) is 0 Å². The van der Waals surface area contributed by atoms with Gasteiger partial charge in [-0.2, -0.15) is 4.58 Å². The maximum absolute atomic E-state index is 2.47. The summed E-state index contributed by atoms with van der Waals surface area (Å²) in [4.78, 5) is 2.47. The van der Waals surface area contributed by atoms with Crippen LogP contribution in [0.15, 0.2) is 44.7 Å². The number of hydrogen-bond acceptors (Lipinski definition) is 1. The lowest BCUT2D eigenvalue weighted by Crippen LogP contribution is -2.15. The minimum atomic E-state index is 1.01. The van der Waals surface area contributed by atoms with E-state index >= 15 is 0 Å². The highest BCUT2D eigenvalue weighted by Gasteiger charge is 2.34. The van der Waals surface area contributed by atoms with Crippen LogP contribution in [0, 0.1) is 55.4 Å². The molecule has 0 unspecified atom stereocenters. The summed E-state index contributed by atoms with van der Waals surface area (Å²) in [5, 5.41) is 0. The predicted octanol–water partition coefficient (Wildman–Crippen LogP) is 10.4. The van der Waals surface area contributed by atoms with Crippen LogP contribution in [0.1, 0.15) is 104 Å². The molecule has 0 aromatic heterocycles. The Balaban J connectivity index is 1.76. The summed E-state index contributed by atoms with van der Waals surface area (Å²) in [6.07, 6.45) is 2.03. The Morgan fingerprint density at radius 1 is 0.524 bits per heavy atom. The minimum Gasteiger partial charge on any atom is -0.347 e. The van der Waals surface area contributed by atoms with Crippen molar-refractivity contribution >= 4 is 17.1 Å². The number of likely N-dealkylation sites (N-methyl/N-ethyl adjacent to an activating group) is 1. The van der Waals surface area contributed by atoms with E-state index in [1.807, 2.05) is 0 Å². The van der Waals surface area contributed by atoms with E-state index in [1.165, 1.54) is 117 Å². The van der Waals surface area contributed by atoms with Crippen LogP contribution in [0.3, 0.4) is 0 Å². The number of anilines is 1. The van der Waals surface area contributed by atoms with Gasteiger partial charge in [-0.1, -0.05) is 0 Å². The zero-order valence-corrected chi connectivity index (χ0v) is 29.8. The fourth-order valence-electron chi connectivity index (χ4n) is 7.53. The van der Waals surface area contributed by atoms with Crippen molar-refractivity contribution in [2.45, 2.75) is 117 Å². The van der Waals surface area contributed by atoms with Crippen molar-refractivity contribution in [3.05, 3.63) is 100 Å². The molecule has 2 aliphatic heterocycles. The molecule has 2 aliphatic rings. The van der Waals surface area contributed by atoms with Gasteiger partial charge in [0.05, 0.1) is 6.42 Å². The van der Waals surface area contributed by atoms with Crippen LogP contribution in [0.25, 0.3) is 0 Å². The second kappa shape index (κ2) is 11.2. The topological polar surface area (TPSA) is 6.25 Å². The van der Waals surface area contributed by atoms with Crippen LogP contribution in [-0.4, -0.2) is 24.4 Å². The van der Waals surface area contributed by atoms with E-state index in [1.54, 1.807) is 0 Å². The number of nitrogens with zero attached hydrogens (tertiary/aromatic N) is 2. The Hall–Kier alpha value is -3.13. The van der Waals surface area contributed by atoms with Crippen LogP contribution in [0.4, 0.5) is 11.4 Å². The molecule has 224 valence electrons. The molecule has 2 nitrogen and oxygen atoms in total. The lowest BCUT2D eigenvalue weighted by Gasteiger charge is -2.23. The first-order valence-corrected chi connectivity index (χ1v) is 15.7. The predicted molar refractivity (Wildman–Crippen MR) is 185 cm³/mol. The second-order valence-electron chi connectivity index (χ2n) is 13.4. The largest absolute Gasteiger partial charge is 0.347 e. The molecule has 0 saturated carbocycles. The molecular formula is C40H55N2+. The fourth-order valence-corrected chi connectivity index (χ4v) is 7.53. The summed E-state index contributed by atoms with van der Waals surface area (Å²) in [5.74, 6) is 0. The molecule has 0 saturated heterocycles. The number of hydrogen-bond donors (Lipinski definition) is 0. The molecule has 2 aromatic rings. The fraction of sp³-hybridized carbons (Fsp3) is 0.475. The van der Waals surface area contributed by atoms with Gasteiger partial charge >= 0.3 is 0 Å². The second-order valence-corrected chi connectivity index (χ2v) is 13.4. The van der Waals surface area contributed by atoms with Gasteiger partial charge in [-0.05, 0) is 182 Å². The Morgan fingerprint density at radius 3 is 1.55 bits per heavy atom. The van der Waals surface area contributed by atoms with Gasteiger partial charge in [-0.25, -0.2) is 0 Å². The summed E-state index contributed by atoms with van der Waals surface area (Å²) < 4.78 is 2.47. The van der Waals surface area contributed by atoms with E-state index in [0.29, 0.717) is 0 Å². The molecule has 0 radical (unpaired) electrons. The standard InChI is InChI=1S/C40H55N2/c1-20(21(2)25(6)31(12)37-18-35-29(10)23(4)27(8)33(14)39(35)41(37)16)22(3)26(7)32(13)38-19-36-30(11)24(5)28(9)34(15)40(36)42(38)17/h18-19H2,1-17H3/q+1. The Kier molecular flexibility index (Phi) is 8.46. The van der Waals surface area contributed by atoms with Crippen LogP contribution in [-0.2, 0) is 12.8 Å². The lowest BCUT2D eigenvalue weighted by molar-refractivity contribution is -0.401. The average Bonchev–Trinajstić information content (AvgIpc) is 3.50. The zero-order chi connectivity index (χ0) is 31.7. The smallest absolute Gasteiger partial charge is 0.212 e. The van der Waals surface area contributed by atoms with Crippen molar-refractivity contribution < 1.29 is 4.58 Å². The summed E-state index contributed by atoms with van der Waals surface area (Å²) in [5.41, 5.74) is 30.0. The Labute approximate surface area is 257 Å². The molecule has 0 aliphatic carbocycles. The van der Waals surface area contributed by atoms with Crippen molar-refractivity contribution in [3.63, 3.8) is 0 Å². The molecule has 0 amide bonds. The first-order chi connectivity index (χ1) is 19.4. The lowest BCUT2D eigenvalue weighted by atomic mass is 9.88. The number of fused-ring (bicyclic) bond motifs is 2.